The maximum atomic E-state index is 11.7. The van der Waals surface area contributed by atoms with E-state index in [9.17, 15) is 8.78 Å². The lowest BCUT2D eigenvalue weighted by Crippen LogP contribution is -2.06. The summed E-state index contributed by atoms with van der Waals surface area (Å²) in [7, 11) is 0. The third kappa shape index (κ3) is 4.81. The van der Waals surface area contributed by atoms with E-state index in [2.05, 4.69) is 10.2 Å². The summed E-state index contributed by atoms with van der Waals surface area (Å²) in [6.45, 7) is 1.51. The molecular weight excluding hydrogens is 246 g/mol. The Bertz CT molecular complexity index is 296. The molecule has 0 saturated carbocycles. The lowest BCUT2D eigenvalue weighted by Gasteiger charge is -2.00. The molecule has 0 aliphatic carbocycles. The van der Waals surface area contributed by atoms with Crippen molar-refractivity contribution in [1.82, 2.24) is 10.2 Å². The van der Waals surface area contributed by atoms with E-state index in [-0.39, 0.29) is 12.0 Å². The van der Waals surface area contributed by atoms with Gasteiger partial charge in [0.05, 0.1) is 12.0 Å². The van der Waals surface area contributed by atoms with E-state index < -0.39 is 13.0 Å². The van der Waals surface area contributed by atoms with E-state index >= 15 is 0 Å². The molecule has 0 saturated heterocycles. The molecule has 1 unspecified atom stereocenters. The second kappa shape index (κ2) is 6.30. The first-order chi connectivity index (χ1) is 7.09. The molecular formula is C8H11ClF2N2OS. The Balaban J connectivity index is 2.26. The van der Waals surface area contributed by atoms with Crippen LogP contribution in [-0.4, -0.2) is 29.8 Å². The van der Waals surface area contributed by atoms with Gasteiger partial charge in [0.15, 0.2) is 0 Å². The molecule has 0 N–H and O–H groups in total. The summed E-state index contributed by atoms with van der Waals surface area (Å²) in [4.78, 5) is 0. The Labute approximate surface area is 95.4 Å². The summed E-state index contributed by atoms with van der Waals surface area (Å²) in [5, 5.41) is 9.06. The Kier molecular flexibility index (Phi) is 5.35. The lowest BCUT2D eigenvalue weighted by molar-refractivity contribution is 0.0186. The molecule has 0 amide bonds. The average molecular weight is 257 g/mol. The van der Waals surface area contributed by atoms with Crippen LogP contribution in [0.5, 0.6) is 0 Å². The third-order valence-corrected chi connectivity index (χ3v) is 3.03. The van der Waals surface area contributed by atoms with Crippen LogP contribution < -0.4 is 0 Å². The van der Waals surface area contributed by atoms with Crippen molar-refractivity contribution >= 4 is 22.9 Å². The predicted octanol–water partition coefficient (Wildman–Crippen LogP) is 2.66. The summed E-state index contributed by atoms with van der Waals surface area (Å²) in [5.41, 5.74) is 0. The number of hydrogen-bond acceptors (Lipinski definition) is 4. The monoisotopic (exact) mass is 256 g/mol. The SMILES string of the molecule is CC(Cl)c1nnc(CCOCC(F)F)s1. The minimum Gasteiger partial charge on any atom is -0.375 e. The van der Waals surface area contributed by atoms with Crippen molar-refractivity contribution in [2.24, 2.45) is 0 Å². The number of hydrogen-bond donors (Lipinski definition) is 0. The van der Waals surface area contributed by atoms with Gasteiger partial charge in [0.25, 0.3) is 6.43 Å². The summed E-state index contributed by atoms with van der Waals surface area (Å²) in [6, 6.07) is 0. The van der Waals surface area contributed by atoms with Gasteiger partial charge in [-0.15, -0.1) is 21.8 Å². The second-order valence-corrected chi connectivity index (χ2v) is 4.61. The van der Waals surface area contributed by atoms with Crippen molar-refractivity contribution in [3.63, 3.8) is 0 Å². The topological polar surface area (TPSA) is 35.0 Å². The molecule has 0 bridgehead atoms. The van der Waals surface area contributed by atoms with E-state index in [0.717, 1.165) is 10.0 Å². The van der Waals surface area contributed by atoms with Crippen LogP contribution in [0.3, 0.4) is 0 Å². The van der Waals surface area contributed by atoms with Crippen molar-refractivity contribution in [3.05, 3.63) is 10.0 Å². The van der Waals surface area contributed by atoms with Crippen molar-refractivity contribution in [2.45, 2.75) is 25.1 Å². The smallest absolute Gasteiger partial charge is 0.261 e. The van der Waals surface area contributed by atoms with E-state index in [1.54, 1.807) is 6.92 Å². The maximum Gasteiger partial charge on any atom is 0.261 e. The molecule has 0 radical (unpaired) electrons. The Morgan fingerprint density at radius 3 is 2.73 bits per heavy atom. The fourth-order valence-corrected chi connectivity index (χ4v) is 1.79. The number of halogens is 3. The quantitative estimate of drug-likeness (QED) is 0.580. The summed E-state index contributed by atoms with van der Waals surface area (Å²) >= 11 is 7.18. The van der Waals surface area contributed by atoms with Crippen molar-refractivity contribution in [1.29, 1.82) is 0 Å². The lowest BCUT2D eigenvalue weighted by atomic mass is 10.5. The molecule has 1 atom stereocenters. The highest BCUT2D eigenvalue weighted by Crippen LogP contribution is 2.22. The van der Waals surface area contributed by atoms with E-state index in [0.29, 0.717) is 6.42 Å². The molecule has 15 heavy (non-hydrogen) atoms. The van der Waals surface area contributed by atoms with Gasteiger partial charge in [0, 0.05) is 6.42 Å². The van der Waals surface area contributed by atoms with Gasteiger partial charge in [-0.1, -0.05) is 11.3 Å². The minimum atomic E-state index is -2.42. The van der Waals surface area contributed by atoms with Crippen LogP contribution in [0, 0.1) is 0 Å². The standard InChI is InChI=1S/C8H11ClF2N2OS/c1-5(9)8-13-12-7(15-8)2-3-14-4-6(10)11/h5-6H,2-4H2,1H3. The number of alkyl halides is 3. The van der Waals surface area contributed by atoms with E-state index in [1.807, 2.05) is 0 Å². The first-order valence-corrected chi connectivity index (χ1v) is 5.67. The van der Waals surface area contributed by atoms with Gasteiger partial charge in [-0.2, -0.15) is 0 Å². The number of nitrogens with zero attached hydrogens (tertiary/aromatic N) is 2. The molecule has 0 spiro atoms. The van der Waals surface area contributed by atoms with Gasteiger partial charge in [-0.05, 0) is 6.92 Å². The zero-order chi connectivity index (χ0) is 11.3. The van der Waals surface area contributed by atoms with Gasteiger partial charge in [0.1, 0.15) is 16.6 Å². The van der Waals surface area contributed by atoms with Crippen LogP contribution in [-0.2, 0) is 11.2 Å². The van der Waals surface area contributed by atoms with Crippen molar-refractivity contribution < 1.29 is 13.5 Å². The molecule has 1 aromatic heterocycles. The first-order valence-electron chi connectivity index (χ1n) is 4.42. The van der Waals surface area contributed by atoms with Crippen molar-refractivity contribution in [3.8, 4) is 0 Å². The van der Waals surface area contributed by atoms with Gasteiger partial charge >= 0.3 is 0 Å². The second-order valence-electron chi connectivity index (χ2n) is 2.87. The highest BCUT2D eigenvalue weighted by molar-refractivity contribution is 7.11. The fourth-order valence-electron chi connectivity index (χ4n) is 0.860. The fraction of sp³-hybridized carbons (Fsp3) is 0.750. The number of rotatable bonds is 6. The molecule has 0 aromatic carbocycles. The van der Waals surface area contributed by atoms with Crippen LogP contribution in [0.2, 0.25) is 0 Å². The van der Waals surface area contributed by atoms with Crippen LogP contribution in [0.25, 0.3) is 0 Å². The zero-order valence-electron chi connectivity index (χ0n) is 8.12. The molecule has 0 aliphatic heterocycles. The molecule has 7 heteroatoms. The Morgan fingerprint density at radius 2 is 2.20 bits per heavy atom. The highest BCUT2D eigenvalue weighted by atomic mass is 35.5. The number of aromatic nitrogens is 2. The zero-order valence-corrected chi connectivity index (χ0v) is 9.69. The van der Waals surface area contributed by atoms with Gasteiger partial charge in [-0.25, -0.2) is 8.78 Å². The molecule has 1 aromatic rings. The Morgan fingerprint density at radius 1 is 1.47 bits per heavy atom. The van der Waals surface area contributed by atoms with E-state index in [1.165, 1.54) is 11.3 Å². The van der Waals surface area contributed by atoms with E-state index in [4.69, 9.17) is 16.3 Å². The number of ether oxygens (including phenoxy) is 1. The molecule has 1 rings (SSSR count). The van der Waals surface area contributed by atoms with Gasteiger partial charge < -0.3 is 4.74 Å². The molecule has 1 heterocycles. The van der Waals surface area contributed by atoms with Gasteiger partial charge in [-0.3, -0.25) is 0 Å². The maximum absolute atomic E-state index is 11.7. The van der Waals surface area contributed by atoms with Crippen LogP contribution in [0.1, 0.15) is 22.3 Å². The predicted molar refractivity (Wildman–Crippen MR) is 54.7 cm³/mol. The van der Waals surface area contributed by atoms with Gasteiger partial charge in [0.2, 0.25) is 0 Å². The van der Waals surface area contributed by atoms with Crippen molar-refractivity contribution in [2.75, 3.05) is 13.2 Å². The molecule has 86 valence electrons. The summed E-state index contributed by atoms with van der Waals surface area (Å²) < 4.78 is 28.1. The molecule has 0 fully saturated rings. The molecule has 3 nitrogen and oxygen atoms in total. The first kappa shape index (κ1) is 12.7. The minimum absolute atomic E-state index is 0.168. The highest BCUT2D eigenvalue weighted by Gasteiger charge is 2.09. The Hall–Kier alpha value is -0.330. The summed E-state index contributed by atoms with van der Waals surface area (Å²) in [6.07, 6.45) is -1.92. The van der Waals surface area contributed by atoms with Crippen LogP contribution in [0.4, 0.5) is 8.78 Å². The van der Waals surface area contributed by atoms with Crippen LogP contribution in [0.15, 0.2) is 0 Å². The average Bonchev–Trinajstić information content (AvgIpc) is 2.60. The summed E-state index contributed by atoms with van der Waals surface area (Å²) in [5.74, 6) is 0. The molecule has 0 aliphatic rings. The normalized spacial score (nSPS) is 13.4. The van der Waals surface area contributed by atoms with Crippen LogP contribution >= 0.6 is 22.9 Å². The largest absolute Gasteiger partial charge is 0.375 e. The third-order valence-electron chi connectivity index (χ3n) is 1.53.